The number of rotatable bonds is 6. The van der Waals surface area contributed by atoms with Crippen LogP contribution in [0.2, 0.25) is 0 Å². The second-order valence-electron chi connectivity index (χ2n) is 7.23. The molecule has 1 nitrogen and oxygen atoms in total. The summed E-state index contributed by atoms with van der Waals surface area (Å²) in [4.78, 5) is 11.7. The highest BCUT2D eigenvalue weighted by Gasteiger charge is 2.45. The summed E-state index contributed by atoms with van der Waals surface area (Å²) in [5.41, 5.74) is 2.01. The molecule has 0 aliphatic heterocycles. The van der Waals surface area contributed by atoms with E-state index in [9.17, 15) is 4.79 Å². The van der Waals surface area contributed by atoms with Crippen molar-refractivity contribution in [2.24, 2.45) is 0 Å². The smallest absolute Gasteiger partial charge is 0.159 e. The van der Waals surface area contributed by atoms with Gasteiger partial charge in [-0.3, -0.25) is 4.79 Å². The summed E-state index contributed by atoms with van der Waals surface area (Å²) < 4.78 is 0. The van der Waals surface area contributed by atoms with Crippen LogP contribution in [0.4, 0.5) is 0 Å². The fourth-order valence-electron chi connectivity index (χ4n) is 3.89. The molecule has 142 valence electrons. The van der Waals surface area contributed by atoms with Gasteiger partial charge in [-0.15, -0.1) is 0 Å². The molecule has 0 bridgehead atoms. The molecule has 0 atom stereocenters. The number of Topliss-reactive ketones (excluding diaryl/α,β-unsaturated/α-hetero) is 1. The lowest BCUT2D eigenvalue weighted by Crippen LogP contribution is -2.32. The van der Waals surface area contributed by atoms with Gasteiger partial charge in [0.2, 0.25) is 0 Å². The molecule has 0 spiro atoms. The second-order valence-corrected chi connectivity index (χ2v) is 10.7. The molecule has 0 heterocycles. The van der Waals surface area contributed by atoms with Crippen molar-refractivity contribution in [3.8, 4) is 0 Å². The normalized spacial score (nSPS) is 11.2. The predicted octanol–water partition coefficient (Wildman–Crippen LogP) is 5.38. The lowest BCUT2D eigenvalue weighted by atomic mass is 10.1. The van der Waals surface area contributed by atoms with E-state index in [1.165, 1.54) is 21.5 Å². The van der Waals surface area contributed by atoms with Gasteiger partial charge in [0, 0.05) is 5.56 Å². The van der Waals surface area contributed by atoms with Crippen molar-refractivity contribution in [1.82, 2.24) is 0 Å². The third-order valence-corrected chi connectivity index (χ3v) is 9.75. The van der Waals surface area contributed by atoms with Gasteiger partial charge in [-0.05, 0) is 48.9 Å². The Labute approximate surface area is 173 Å². The first kappa shape index (κ1) is 19.3. The zero-order valence-electron chi connectivity index (χ0n) is 16.5. The zero-order chi connectivity index (χ0) is 20.1. The summed E-state index contributed by atoms with van der Waals surface area (Å²) in [7, 11) is -1.90. The van der Waals surface area contributed by atoms with Crippen molar-refractivity contribution in [1.29, 1.82) is 0 Å². The van der Waals surface area contributed by atoms with Crippen LogP contribution in [0.5, 0.6) is 0 Å². The summed E-state index contributed by atoms with van der Waals surface area (Å²) in [6.45, 7) is 1.62. The van der Waals surface area contributed by atoms with E-state index in [4.69, 9.17) is 0 Å². The monoisotopic (exact) mass is 395 g/mol. The molecule has 2 heteroatoms. The average Bonchev–Trinajstić information content (AvgIpc) is 2.79. The van der Waals surface area contributed by atoms with Crippen LogP contribution in [-0.4, -0.2) is 5.78 Å². The van der Waals surface area contributed by atoms with Gasteiger partial charge >= 0.3 is 0 Å². The van der Waals surface area contributed by atoms with Gasteiger partial charge in [-0.25, -0.2) is 0 Å². The van der Waals surface area contributed by atoms with Crippen LogP contribution in [0.1, 0.15) is 22.8 Å². The highest BCUT2D eigenvalue weighted by atomic mass is 31.2. The third kappa shape index (κ3) is 3.92. The topological polar surface area (TPSA) is 17.1 Å². The molecular formula is C27H24OP+. The molecule has 0 aromatic heterocycles. The largest absolute Gasteiger partial charge is 0.295 e. The SMILES string of the molecule is CC(=O)c1ccc(C[P+](c2ccccc2)(c2ccccc2)c2ccccc2)cc1. The number of hydrogen-bond acceptors (Lipinski definition) is 1. The maximum absolute atomic E-state index is 11.7. The predicted molar refractivity (Wildman–Crippen MR) is 125 cm³/mol. The fraction of sp³-hybridized carbons (Fsp3) is 0.0741. The van der Waals surface area contributed by atoms with Crippen LogP contribution in [0.3, 0.4) is 0 Å². The van der Waals surface area contributed by atoms with Crippen molar-refractivity contribution in [3.05, 3.63) is 126 Å². The molecule has 0 fully saturated rings. The van der Waals surface area contributed by atoms with Crippen molar-refractivity contribution in [2.45, 2.75) is 13.1 Å². The van der Waals surface area contributed by atoms with Crippen molar-refractivity contribution < 1.29 is 4.79 Å². The van der Waals surface area contributed by atoms with Gasteiger partial charge in [-0.1, -0.05) is 78.9 Å². The van der Waals surface area contributed by atoms with Gasteiger partial charge in [0.05, 0.1) is 6.16 Å². The van der Waals surface area contributed by atoms with E-state index in [1.54, 1.807) is 6.92 Å². The van der Waals surface area contributed by atoms with Crippen LogP contribution >= 0.6 is 7.26 Å². The molecule has 0 unspecified atom stereocenters. The molecule has 0 aliphatic rings. The molecule has 0 saturated carbocycles. The third-order valence-electron chi connectivity index (χ3n) is 5.37. The molecular weight excluding hydrogens is 371 g/mol. The Kier molecular flexibility index (Phi) is 5.69. The number of hydrogen-bond donors (Lipinski definition) is 0. The van der Waals surface area contributed by atoms with E-state index < -0.39 is 7.26 Å². The van der Waals surface area contributed by atoms with Crippen molar-refractivity contribution >= 4 is 29.0 Å². The maximum Gasteiger partial charge on any atom is 0.159 e. The van der Waals surface area contributed by atoms with Crippen LogP contribution in [0.15, 0.2) is 115 Å². The van der Waals surface area contributed by atoms with Crippen LogP contribution in [0, 0.1) is 0 Å². The Balaban J connectivity index is 1.93. The molecule has 4 rings (SSSR count). The standard InChI is InChI=1S/C27H24OP/c1-22(28)24-19-17-23(18-20-24)21-29(25-11-5-2-6-12-25,26-13-7-3-8-14-26)27-15-9-4-10-16-27/h2-20H,21H2,1H3/q+1. The molecule has 4 aromatic rings. The van der Waals surface area contributed by atoms with Gasteiger partial charge in [0.15, 0.2) is 5.78 Å². The van der Waals surface area contributed by atoms with E-state index in [2.05, 4.69) is 103 Å². The minimum Gasteiger partial charge on any atom is -0.295 e. The van der Waals surface area contributed by atoms with Crippen LogP contribution in [0.25, 0.3) is 0 Å². The Morgan fingerprint density at radius 2 is 0.966 bits per heavy atom. The lowest BCUT2D eigenvalue weighted by Gasteiger charge is -2.27. The first-order valence-corrected chi connectivity index (χ1v) is 11.8. The number of carbonyl (C=O) groups is 1. The first-order valence-electron chi connectivity index (χ1n) is 9.85. The lowest BCUT2D eigenvalue weighted by molar-refractivity contribution is 0.101. The molecule has 29 heavy (non-hydrogen) atoms. The Bertz CT molecular complexity index is 975. The average molecular weight is 395 g/mol. The van der Waals surface area contributed by atoms with Crippen molar-refractivity contribution in [2.75, 3.05) is 0 Å². The molecule has 0 aliphatic carbocycles. The van der Waals surface area contributed by atoms with E-state index in [1.807, 2.05) is 12.1 Å². The Morgan fingerprint density at radius 3 is 1.31 bits per heavy atom. The Morgan fingerprint density at radius 1 is 0.586 bits per heavy atom. The summed E-state index contributed by atoms with van der Waals surface area (Å²) in [5.74, 6) is 0.104. The van der Waals surface area contributed by atoms with Gasteiger partial charge in [0.1, 0.15) is 23.2 Å². The molecule has 0 radical (unpaired) electrons. The quantitative estimate of drug-likeness (QED) is 0.316. The van der Waals surface area contributed by atoms with E-state index >= 15 is 0 Å². The molecule has 0 N–H and O–H groups in total. The summed E-state index contributed by atoms with van der Waals surface area (Å²) >= 11 is 0. The van der Waals surface area contributed by atoms with Crippen LogP contribution < -0.4 is 15.9 Å². The number of benzene rings is 4. The van der Waals surface area contributed by atoms with E-state index in [0.29, 0.717) is 0 Å². The highest BCUT2D eigenvalue weighted by molar-refractivity contribution is 7.95. The molecule has 4 aromatic carbocycles. The first-order chi connectivity index (χ1) is 14.2. The molecule has 0 saturated heterocycles. The van der Waals surface area contributed by atoms with Crippen LogP contribution in [-0.2, 0) is 6.16 Å². The van der Waals surface area contributed by atoms with Crippen molar-refractivity contribution in [3.63, 3.8) is 0 Å². The Hall–Kier alpha value is -3.02. The summed E-state index contributed by atoms with van der Waals surface area (Å²) in [6, 6.07) is 40.7. The van der Waals surface area contributed by atoms with E-state index in [-0.39, 0.29) is 5.78 Å². The number of ketones is 1. The minimum atomic E-state index is -1.90. The zero-order valence-corrected chi connectivity index (χ0v) is 17.4. The second kappa shape index (κ2) is 8.55. The molecule has 0 amide bonds. The highest BCUT2D eigenvalue weighted by Crippen LogP contribution is 2.58. The fourth-order valence-corrected chi connectivity index (χ4v) is 8.13. The minimum absolute atomic E-state index is 0.104. The van der Waals surface area contributed by atoms with Gasteiger partial charge in [-0.2, -0.15) is 0 Å². The van der Waals surface area contributed by atoms with E-state index in [0.717, 1.165) is 11.7 Å². The van der Waals surface area contributed by atoms with Gasteiger partial charge < -0.3 is 0 Å². The summed E-state index contributed by atoms with van der Waals surface area (Å²) in [6.07, 6.45) is 0.920. The summed E-state index contributed by atoms with van der Waals surface area (Å²) in [5, 5.41) is 4.11. The maximum atomic E-state index is 11.7. The van der Waals surface area contributed by atoms with Gasteiger partial charge in [0.25, 0.3) is 0 Å². The number of carbonyl (C=O) groups excluding carboxylic acids is 1.